The number of ether oxygens (including phenoxy) is 1. The Morgan fingerprint density at radius 2 is 2.16 bits per heavy atom. The predicted octanol–water partition coefficient (Wildman–Crippen LogP) is -0.347. The van der Waals surface area contributed by atoms with Crippen LogP contribution in [0.15, 0.2) is 23.3 Å². The van der Waals surface area contributed by atoms with Crippen LogP contribution in [0.25, 0.3) is 0 Å². The van der Waals surface area contributed by atoms with E-state index in [4.69, 9.17) is 0 Å². The third-order valence-corrected chi connectivity index (χ3v) is 2.56. The van der Waals surface area contributed by atoms with Gasteiger partial charge in [-0.15, -0.1) is 0 Å². The molecule has 0 fully saturated rings. The Morgan fingerprint density at radius 3 is 2.68 bits per heavy atom. The van der Waals surface area contributed by atoms with E-state index in [0.29, 0.717) is 0 Å². The molecule has 1 aromatic heterocycles. The van der Waals surface area contributed by atoms with Gasteiger partial charge in [-0.2, -0.15) is 0 Å². The largest absolute Gasteiger partial charge is 0.468 e. The number of carbonyl (C=O) groups is 2. The lowest BCUT2D eigenvalue weighted by molar-refractivity contribution is -0.148. The second-order valence-corrected chi connectivity index (χ2v) is 4.22. The maximum absolute atomic E-state index is 12.1. The van der Waals surface area contributed by atoms with E-state index in [-0.39, 0.29) is 25.0 Å². The fourth-order valence-corrected chi connectivity index (χ4v) is 1.51. The number of hydrogen-bond donors (Lipinski definition) is 0. The molecule has 0 aliphatic heterocycles. The Morgan fingerprint density at radius 1 is 1.47 bits per heavy atom. The Balaban J connectivity index is 2.81. The maximum Gasteiger partial charge on any atom is 0.347 e. The van der Waals surface area contributed by atoms with E-state index >= 15 is 0 Å². The van der Waals surface area contributed by atoms with Crippen molar-refractivity contribution in [2.75, 3.05) is 13.7 Å². The summed E-state index contributed by atoms with van der Waals surface area (Å²) in [6.45, 7) is 3.28. The van der Waals surface area contributed by atoms with E-state index < -0.39 is 11.7 Å². The highest BCUT2D eigenvalue weighted by atomic mass is 16.5. The average molecular weight is 267 g/mol. The summed E-state index contributed by atoms with van der Waals surface area (Å²) >= 11 is 0. The van der Waals surface area contributed by atoms with Crippen molar-refractivity contribution in [3.05, 3.63) is 28.9 Å². The molecule has 0 N–H and O–H groups in total. The summed E-state index contributed by atoms with van der Waals surface area (Å²) in [6.07, 6.45) is 2.84. The standard InChI is InChI=1S/C12H17N3O4/c1-9(2)15(8-11(17)19-3)10(16)7-14-6-4-5-13-12(14)18/h4-6,9H,7-8H2,1-3H3. The van der Waals surface area contributed by atoms with Gasteiger partial charge in [0.1, 0.15) is 13.1 Å². The van der Waals surface area contributed by atoms with Crippen molar-refractivity contribution in [3.8, 4) is 0 Å². The van der Waals surface area contributed by atoms with Gasteiger partial charge in [0.2, 0.25) is 5.91 Å². The number of aromatic nitrogens is 2. The van der Waals surface area contributed by atoms with E-state index in [9.17, 15) is 14.4 Å². The molecule has 104 valence electrons. The van der Waals surface area contributed by atoms with Crippen LogP contribution < -0.4 is 5.69 Å². The summed E-state index contributed by atoms with van der Waals surface area (Å²) in [4.78, 5) is 39.7. The summed E-state index contributed by atoms with van der Waals surface area (Å²) in [5.74, 6) is -0.837. The summed E-state index contributed by atoms with van der Waals surface area (Å²) in [5.41, 5.74) is -0.502. The van der Waals surface area contributed by atoms with Gasteiger partial charge in [-0.3, -0.25) is 14.2 Å². The molecule has 0 aromatic carbocycles. The summed E-state index contributed by atoms with van der Waals surface area (Å²) in [5, 5.41) is 0. The second-order valence-electron chi connectivity index (χ2n) is 4.22. The molecule has 0 aliphatic carbocycles. The monoisotopic (exact) mass is 267 g/mol. The fourth-order valence-electron chi connectivity index (χ4n) is 1.51. The SMILES string of the molecule is COC(=O)CN(C(=O)Cn1cccnc1=O)C(C)C. The Labute approximate surface area is 110 Å². The second kappa shape index (κ2) is 6.67. The average Bonchev–Trinajstić information content (AvgIpc) is 2.37. The van der Waals surface area contributed by atoms with Crippen molar-refractivity contribution < 1.29 is 14.3 Å². The summed E-state index contributed by atoms with van der Waals surface area (Å²) in [6, 6.07) is 1.40. The van der Waals surface area contributed by atoms with Gasteiger partial charge < -0.3 is 9.64 Å². The van der Waals surface area contributed by atoms with E-state index in [1.807, 2.05) is 0 Å². The third kappa shape index (κ3) is 4.20. The lowest BCUT2D eigenvalue weighted by atomic mass is 10.3. The first kappa shape index (κ1) is 14.9. The number of carbonyl (C=O) groups excluding carboxylic acids is 2. The number of methoxy groups -OCH3 is 1. The minimum atomic E-state index is -0.502. The van der Waals surface area contributed by atoms with Gasteiger partial charge in [-0.1, -0.05) is 0 Å². The van der Waals surface area contributed by atoms with Gasteiger partial charge in [0.15, 0.2) is 0 Å². The molecule has 0 spiro atoms. The first-order valence-corrected chi connectivity index (χ1v) is 5.83. The zero-order valence-corrected chi connectivity index (χ0v) is 11.2. The van der Waals surface area contributed by atoms with Crippen LogP contribution >= 0.6 is 0 Å². The van der Waals surface area contributed by atoms with Crippen LogP contribution in [0.2, 0.25) is 0 Å². The summed E-state index contributed by atoms with van der Waals surface area (Å²) < 4.78 is 5.73. The number of nitrogens with zero attached hydrogens (tertiary/aromatic N) is 3. The normalized spacial score (nSPS) is 10.3. The number of amides is 1. The van der Waals surface area contributed by atoms with E-state index in [0.717, 1.165) is 0 Å². The van der Waals surface area contributed by atoms with Crippen LogP contribution in [-0.2, 0) is 20.9 Å². The summed E-state index contributed by atoms with van der Waals surface area (Å²) in [7, 11) is 1.26. The smallest absolute Gasteiger partial charge is 0.347 e. The number of rotatable bonds is 5. The maximum atomic E-state index is 12.1. The molecular formula is C12H17N3O4. The zero-order valence-electron chi connectivity index (χ0n) is 11.2. The lowest BCUT2D eigenvalue weighted by Gasteiger charge is -2.25. The van der Waals surface area contributed by atoms with Crippen molar-refractivity contribution in [2.45, 2.75) is 26.4 Å². The van der Waals surface area contributed by atoms with Gasteiger partial charge in [0.25, 0.3) is 0 Å². The van der Waals surface area contributed by atoms with Crippen LogP contribution in [0, 0.1) is 0 Å². The van der Waals surface area contributed by atoms with Gasteiger partial charge in [-0.25, -0.2) is 9.78 Å². The van der Waals surface area contributed by atoms with Gasteiger partial charge >= 0.3 is 11.7 Å². The quantitative estimate of drug-likeness (QED) is 0.681. The van der Waals surface area contributed by atoms with Crippen LogP contribution in [-0.4, -0.2) is 46.0 Å². The third-order valence-electron chi connectivity index (χ3n) is 2.56. The topological polar surface area (TPSA) is 81.5 Å². The highest BCUT2D eigenvalue weighted by molar-refractivity contribution is 5.82. The molecule has 0 saturated heterocycles. The van der Waals surface area contributed by atoms with Gasteiger partial charge in [0.05, 0.1) is 7.11 Å². The Hall–Kier alpha value is -2.18. The minimum absolute atomic E-state index is 0.137. The van der Waals surface area contributed by atoms with Crippen LogP contribution in [0.3, 0.4) is 0 Å². The molecule has 0 bridgehead atoms. The molecule has 7 nitrogen and oxygen atoms in total. The number of hydrogen-bond acceptors (Lipinski definition) is 5. The van der Waals surface area contributed by atoms with Crippen LogP contribution in [0.1, 0.15) is 13.8 Å². The van der Waals surface area contributed by atoms with Crippen molar-refractivity contribution in [2.24, 2.45) is 0 Å². The first-order chi connectivity index (χ1) is 8.95. The van der Waals surface area contributed by atoms with Crippen molar-refractivity contribution >= 4 is 11.9 Å². The molecule has 19 heavy (non-hydrogen) atoms. The molecule has 7 heteroatoms. The van der Waals surface area contributed by atoms with E-state index in [1.165, 1.54) is 29.0 Å². The first-order valence-electron chi connectivity index (χ1n) is 5.83. The van der Waals surface area contributed by atoms with Crippen molar-refractivity contribution in [1.29, 1.82) is 0 Å². The lowest BCUT2D eigenvalue weighted by Crippen LogP contribution is -2.44. The van der Waals surface area contributed by atoms with E-state index in [1.54, 1.807) is 19.9 Å². The van der Waals surface area contributed by atoms with Crippen LogP contribution in [0.4, 0.5) is 0 Å². The molecule has 0 atom stereocenters. The highest BCUT2D eigenvalue weighted by Crippen LogP contribution is 2.01. The van der Waals surface area contributed by atoms with Crippen LogP contribution in [0.5, 0.6) is 0 Å². The molecule has 0 aliphatic rings. The minimum Gasteiger partial charge on any atom is -0.468 e. The Bertz CT molecular complexity index is 510. The van der Waals surface area contributed by atoms with Crippen molar-refractivity contribution in [3.63, 3.8) is 0 Å². The molecule has 0 radical (unpaired) electrons. The van der Waals surface area contributed by atoms with Gasteiger partial charge in [0, 0.05) is 18.4 Å². The number of esters is 1. The highest BCUT2D eigenvalue weighted by Gasteiger charge is 2.20. The predicted molar refractivity (Wildman–Crippen MR) is 67.4 cm³/mol. The zero-order chi connectivity index (χ0) is 14.4. The molecular weight excluding hydrogens is 250 g/mol. The van der Waals surface area contributed by atoms with E-state index in [2.05, 4.69) is 9.72 Å². The molecule has 1 aromatic rings. The van der Waals surface area contributed by atoms with Crippen molar-refractivity contribution in [1.82, 2.24) is 14.5 Å². The molecule has 0 unspecified atom stereocenters. The molecule has 1 heterocycles. The molecule has 1 amide bonds. The Kier molecular flexibility index (Phi) is 5.23. The fraction of sp³-hybridized carbons (Fsp3) is 0.500. The molecule has 1 rings (SSSR count). The molecule has 0 saturated carbocycles. The van der Waals surface area contributed by atoms with Gasteiger partial charge in [-0.05, 0) is 19.9 Å².